The highest BCUT2D eigenvalue weighted by molar-refractivity contribution is 7.89. The summed E-state index contributed by atoms with van der Waals surface area (Å²) in [5.41, 5.74) is 0. The van der Waals surface area contributed by atoms with Gasteiger partial charge in [0.25, 0.3) is 10.0 Å². The molecule has 1 aromatic rings. The molecule has 2 heterocycles. The van der Waals surface area contributed by atoms with Crippen molar-refractivity contribution in [3.63, 3.8) is 0 Å². The molecule has 24 heavy (non-hydrogen) atoms. The van der Waals surface area contributed by atoms with E-state index in [-0.39, 0.29) is 24.2 Å². The molecule has 0 aromatic carbocycles. The fourth-order valence-corrected chi connectivity index (χ4v) is 3.42. The van der Waals surface area contributed by atoms with Crippen molar-refractivity contribution in [3.8, 4) is 0 Å². The molecular formula is C13H22F3N5O2S. The monoisotopic (exact) mass is 369 g/mol. The number of imidazole rings is 1. The van der Waals surface area contributed by atoms with E-state index < -0.39 is 28.8 Å². The Kier molecular flexibility index (Phi) is 5.89. The van der Waals surface area contributed by atoms with E-state index in [1.165, 1.54) is 17.4 Å². The van der Waals surface area contributed by atoms with Gasteiger partial charge in [-0.25, -0.2) is 18.1 Å². The minimum Gasteiger partial charge on any atom is -0.334 e. The highest BCUT2D eigenvalue weighted by atomic mass is 32.2. The molecule has 0 spiro atoms. The van der Waals surface area contributed by atoms with Crippen molar-refractivity contribution >= 4 is 10.0 Å². The summed E-state index contributed by atoms with van der Waals surface area (Å²) in [6, 6.07) is -1.85. The average molecular weight is 369 g/mol. The highest BCUT2D eigenvalue weighted by Crippen LogP contribution is 2.25. The Morgan fingerprint density at radius 2 is 1.96 bits per heavy atom. The van der Waals surface area contributed by atoms with Crippen LogP contribution in [0.4, 0.5) is 13.2 Å². The Labute approximate surface area is 139 Å². The molecule has 0 saturated carbocycles. The van der Waals surface area contributed by atoms with E-state index in [1.54, 1.807) is 4.57 Å². The van der Waals surface area contributed by atoms with Gasteiger partial charge in [0.15, 0.2) is 5.03 Å². The summed E-state index contributed by atoms with van der Waals surface area (Å²) in [7, 11) is -4.09. The van der Waals surface area contributed by atoms with Gasteiger partial charge in [-0.2, -0.15) is 13.2 Å². The Morgan fingerprint density at radius 3 is 2.46 bits per heavy atom. The number of halogens is 3. The molecule has 0 aliphatic carbocycles. The Hall–Kier alpha value is -1.17. The van der Waals surface area contributed by atoms with Gasteiger partial charge in [-0.15, -0.1) is 0 Å². The van der Waals surface area contributed by atoms with Crippen LogP contribution in [-0.4, -0.2) is 67.8 Å². The molecule has 1 saturated heterocycles. The third-order valence-corrected chi connectivity index (χ3v) is 5.19. The molecule has 1 aromatic heterocycles. The number of alkyl halides is 3. The molecular weight excluding hydrogens is 347 g/mol. The second-order valence-corrected chi connectivity index (χ2v) is 7.66. The third kappa shape index (κ3) is 4.68. The van der Waals surface area contributed by atoms with Gasteiger partial charge < -0.3 is 9.88 Å². The lowest BCUT2D eigenvalue weighted by molar-refractivity contribution is -0.182. The fourth-order valence-electron chi connectivity index (χ4n) is 2.45. The lowest BCUT2D eigenvalue weighted by atomic mass is 10.2. The number of hydrogen-bond acceptors (Lipinski definition) is 5. The van der Waals surface area contributed by atoms with E-state index in [1.807, 2.05) is 18.6 Å². The maximum atomic E-state index is 13.3. The zero-order chi connectivity index (χ0) is 18.0. The van der Waals surface area contributed by atoms with Gasteiger partial charge in [-0.1, -0.05) is 0 Å². The summed E-state index contributed by atoms with van der Waals surface area (Å²) in [4.78, 5) is 5.01. The maximum absolute atomic E-state index is 13.3. The summed E-state index contributed by atoms with van der Waals surface area (Å²) in [5, 5.41) is 2.69. The minimum absolute atomic E-state index is 0.00484. The van der Waals surface area contributed by atoms with Crippen molar-refractivity contribution in [1.82, 2.24) is 24.5 Å². The molecule has 1 aliphatic rings. The standard InChI is InChI=1S/C13H22F3N5O2S/c1-10(2)21-8-12(18-9-21)24(22,23)19-7-11(13(14,15)16)20-5-3-17-4-6-20/h8-11,17,19H,3-7H2,1-2H3. The highest BCUT2D eigenvalue weighted by Gasteiger charge is 2.44. The molecule has 2 rings (SSSR count). The molecule has 0 amide bonds. The first-order chi connectivity index (χ1) is 11.1. The first-order valence-corrected chi connectivity index (χ1v) is 9.14. The van der Waals surface area contributed by atoms with Crippen LogP contribution in [0, 0.1) is 0 Å². The molecule has 138 valence electrons. The molecule has 0 bridgehead atoms. The van der Waals surface area contributed by atoms with Gasteiger partial charge in [0.05, 0.1) is 6.33 Å². The second kappa shape index (κ2) is 7.38. The van der Waals surface area contributed by atoms with Crippen LogP contribution in [0.3, 0.4) is 0 Å². The summed E-state index contributed by atoms with van der Waals surface area (Å²) >= 11 is 0. The van der Waals surface area contributed by atoms with E-state index in [0.29, 0.717) is 13.1 Å². The smallest absolute Gasteiger partial charge is 0.334 e. The molecule has 2 N–H and O–H groups in total. The van der Waals surface area contributed by atoms with Crippen LogP contribution in [0.1, 0.15) is 19.9 Å². The van der Waals surface area contributed by atoms with E-state index >= 15 is 0 Å². The summed E-state index contributed by atoms with van der Waals surface area (Å²) in [5.74, 6) is 0. The molecule has 1 fully saturated rings. The maximum Gasteiger partial charge on any atom is 0.405 e. The minimum atomic E-state index is -4.52. The van der Waals surface area contributed by atoms with Crippen LogP contribution in [0.5, 0.6) is 0 Å². The van der Waals surface area contributed by atoms with Crippen LogP contribution in [0.2, 0.25) is 0 Å². The fraction of sp³-hybridized carbons (Fsp3) is 0.769. The number of nitrogens with one attached hydrogen (secondary N) is 2. The first-order valence-electron chi connectivity index (χ1n) is 7.66. The van der Waals surface area contributed by atoms with Crippen molar-refractivity contribution in [2.24, 2.45) is 0 Å². The zero-order valence-electron chi connectivity index (χ0n) is 13.5. The van der Waals surface area contributed by atoms with Crippen molar-refractivity contribution < 1.29 is 21.6 Å². The van der Waals surface area contributed by atoms with Gasteiger partial charge in [-0.05, 0) is 13.8 Å². The Morgan fingerprint density at radius 1 is 1.33 bits per heavy atom. The largest absolute Gasteiger partial charge is 0.405 e. The van der Waals surface area contributed by atoms with Gasteiger partial charge in [-0.3, -0.25) is 4.90 Å². The zero-order valence-corrected chi connectivity index (χ0v) is 14.4. The SMILES string of the molecule is CC(C)n1cnc(S(=O)(=O)NCC(N2CCNCC2)C(F)(F)F)c1. The molecule has 1 aliphatic heterocycles. The van der Waals surface area contributed by atoms with Crippen LogP contribution in [0.25, 0.3) is 0 Å². The van der Waals surface area contributed by atoms with Crippen molar-refractivity contribution in [1.29, 1.82) is 0 Å². The first kappa shape index (κ1) is 19.2. The van der Waals surface area contributed by atoms with E-state index in [4.69, 9.17) is 0 Å². The van der Waals surface area contributed by atoms with Gasteiger partial charge >= 0.3 is 6.18 Å². The van der Waals surface area contributed by atoms with Crippen LogP contribution < -0.4 is 10.0 Å². The molecule has 11 heteroatoms. The van der Waals surface area contributed by atoms with Crippen LogP contribution in [-0.2, 0) is 10.0 Å². The number of aromatic nitrogens is 2. The van der Waals surface area contributed by atoms with Crippen molar-refractivity contribution in [2.75, 3.05) is 32.7 Å². The lowest BCUT2D eigenvalue weighted by Crippen LogP contribution is -2.57. The van der Waals surface area contributed by atoms with Gasteiger partial charge in [0.2, 0.25) is 0 Å². The molecule has 1 unspecified atom stereocenters. The van der Waals surface area contributed by atoms with E-state index in [9.17, 15) is 21.6 Å². The lowest BCUT2D eigenvalue weighted by Gasteiger charge is -2.35. The van der Waals surface area contributed by atoms with Crippen molar-refractivity contribution in [3.05, 3.63) is 12.5 Å². The van der Waals surface area contributed by atoms with Gasteiger partial charge in [0.1, 0.15) is 6.04 Å². The van der Waals surface area contributed by atoms with Crippen LogP contribution in [0.15, 0.2) is 17.6 Å². The number of sulfonamides is 1. The normalized spacial score (nSPS) is 18.9. The summed E-state index contributed by atoms with van der Waals surface area (Å²) < 4.78 is 67.8. The van der Waals surface area contributed by atoms with Crippen molar-refractivity contribution in [2.45, 2.75) is 37.1 Å². The topological polar surface area (TPSA) is 79.3 Å². The number of hydrogen-bond donors (Lipinski definition) is 2. The predicted octanol–water partition coefficient (Wildman–Crippen LogP) is 0.578. The third-order valence-electron chi connectivity index (χ3n) is 3.89. The quantitative estimate of drug-likeness (QED) is 0.767. The average Bonchev–Trinajstić information content (AvgIpc) is 2.98. The number of piperazine rings is 1. The number of nitrogens with zero attached hydrogens (tertiary/aromatic N) is 3. The Bertz CT molecular complexity index is 638. The van der Waals surface area contributed by atoms with E-state index in [2.05, 4.69) is 10.3 Å². The molecule has 7 nitrogen and oxygen atoms in total. The molecule has 1 atom stereocenters. The van der Waals surface area contributed by atoms with Crippen LogP contribution >= 0.6 is 0 Å². The summed E-state index contributed by atoms with van der Waals surface area (Å²) in [6.45, 7) is 4.27. The Balaban J connectivity index is 2.09. The van der Waals surface area contributed by atoms with Gasteiger partial charge in [0, 0.05) is 45.0 Å². The number of rotatable bonds is 6. The molecule has 0 radical (unpaired) electrons. The summed E-state index contributed by atoms with van der Waals surface area (Å²) in [6.07, 6.45) is -1.87. The van der Waals surface area contributed by atoms with E-state index in [0.717, 1.165) is 0 Å². The predicted molar refractivity (Wildman–Crippen MR) is 82.1 cm³/mol. The second-order valence-electron chi connectivity index (χ2n) is 5.95.